The Morgan fingerprint density at radius 3 is 2.43 bits per heavy atom. The number of carbonyl (C=O) groups excluding carboxylic acids is 1. The van der Waals surface area contributed by atoms with Crippen molar-refractivity contribution < 1.29 is 14.3 Å². The van der Waals surface area contributed by atoms with Gasteiger partial charge in [0.25, 0.3) is 0 Å². The smallest absolute Gasteiger partial charge is 0.232 e. The van der Waals surface area contributed by atoms with Crippen LogP contribution in [0.1, 0.15) is 48.0 Å². The fraction of sp³-hybridized carbons (Fsp3) is 0.276. The summed E-state index contributed by atoms with van der Waals surface area (Å²) in [6.07, 6.45) is 1.95. The van der Waals surface area contributed by atoms with E-state index in [1.165, 1.54) is 0 Å². The van der Waals surface area contributed by atoms with Gasteiger partial charge in [-0.3, -0.25) is 19.8 Å². The SMILES string of the molecule is COc1cc2c(cc1OC(C)C)C(c1ccc(Cl)cc1)N(c1ccc(-c3c(C)n[nH]c3C)nc1)C(=O)C2. The predicted octanol–water partition coefficient (Wildman–Crippen LogP) is 6.22. The standard InChI is InChI=1S/C29H29ClN4O3/c1-16(2)37-26-14-23-20(12-25(26)36-5)13-27(35)34(29(23)19-6-8-21(30)9-7-19)22-10-11-24(31-15-22)28-17(3)32-33-18(28)4/h6-12,14-16,29H,13H2,1-5H3,(H,32,33). The van der Waals surface area contributed by atoms with Crippen LogP contribution in [-0.2, 0) is 11.2 Å². The maximum absolute atomic E-state index is 13.7. The van der Waals surface area contributed by atoms with Crippen LogP contribution >= 0.6 is 11.6 Å². The number of methoxy groups -OCH3 is 1. The number of hydrogen-bond acceptors (Lipinski definition) is 5. The number of ether oxygens (including phenoxy) is 2. The molecule has 1 amide bonds. The first kappa shape index (κ1) is 24.8. The van der Waals surface area contributed by atoms with Gasteiger partial charge >= 0.3 is 0 Å². The van der Waals surface area contributed by atoms with Gasteiger partial charge in [0, 0.05) is 16.3 Å². The summed E-state index contributed by atoms with van der Waals surface area (Å²) in [5.74, 6) is 1.22. The number of rotatable bonds is 6. The van der Waals surface area contributed by atoms with Gasteiger partial charge < -0.3 is 9.47 Å². The molecule has 7 nitrogen and oxygen atoms in total. The van der Waals surface area contributed by atoms with Crippen molar-refractivity contribution in [3.8, 4) is 22.8 Å². The average molecular weight is 517 g/mol. The Morgan fingerprint density at radius 2 is 1.84 bits per heavy atom. The van der Waals surface area contributed by atoms with E-state index >= 15 is 0 Å². The Bertz CT molecular complexity index is 1430. The summed E-state index contributed by atoms with van der Waals surface area (Å²) >= 11 is 6.21. The lowest BCUT2D eigenvalue weighted by Crippen LogP contribution is -2.41. The highest BCUT2D eigenvalue weighted by Crippen LogP contribution is 2.44. The molecule has 2 aromatic heterocycles. The van der Waals surface area contributed by atoms with Crippen LogP contribution in [0.15, 0.2) is 54.7 Å². The van der Waals surface area contributed by atoms with Crippen LogP contribution in [-0.4, -0.2) is 34.3 Å². The van der Waals surface area contributed by atoms with E-state index in [0.29, 0.717) is 22.2 Å². The topological polar surface area (TPSA) is 80.3 Å². The van der Waals surface area contributed by atoms with Crippen LogP contribution in [0, 0.1) is 13.8 Å². The summed E-state index contributed by atoms with van der Waals surface area (Å²) in [6.45, 7) is 7.86. The minimum atomic E-state index is -0.390. The molecule has 5 rings (SSSR count). The Kier molecular flexibility index (Phi) is 6.65. The van der Waals surface area contributed by atoms with Crippen LogP contribution in [0.4, 0.5) is 5.69 Å². The van der Waals surface area contributed by atoms with Crippen LogP contribution < -0.4 is 14.4 Å². The average Bonchev–Trinajstić information content (AvgIpc) is 3.21. The zero-order valence-corrected chi connectivity index (χ0v) is 22.3. The van der Waals surface area contributed by atoms with E-state index in [9.17, 15) is 4.79 Å². The molecule has 0 bridgehead atoms. The number of anilines is 1. The van der Waals surface area contributed by atoms with Crippen molar-refractivity contribution in [1.29, 1.82) is 0 Å². The molecular formula is C29H29ClN4O3. The third kappa shape index (κ3) is 4.67. The van der Waals surface area contributed by atoms with Crippen molar-refractivity contribution in [2.24, 2.45) is 0 Å². The zero-order valence-electron chi connectivity index (χ0n) is 21.5. The number of benzene rings is 2. The lowest BCUT2D eigenvalue weighted by atomic mass is 9.87. The molecule has 0 fully saturated rings. The van der Waals surface area contributed by atoms with Crippen LogP contribution in [0.2, 0.25) is 5.02 Å². The summed E-state index contributed by atoms with van der Waals surface area (Å²) < 4.78 is 11.7. The minimum absolute atomic E-state index is 0.0303. The molecule has 0 spiro atoms. The highest BCUT2D eigenvalue weighted by Gasteiger charge is 2.36. The zero-order chi connectivity index (χ0) is 26.3. The molecule has 0 saturated heterocycles. The van der Waals surface area contributed by atoms with Crippen LogP contribution in [0.3, 0.4) is 0 Å². The van der Waals surface area contributed by atoms with Crippen LogP contribution in [0.5, 0.6) is 11.5 Å². The number of aromatic amines is 1. The molecule has 0 radical (unpaired) electrons. The number of halogens is 1. The molecule has 37 heavy (non-hydrogen) atoms. The summed E-state index contributed by atoms with van der Waals surface area (Å²) in [4.78, 5) is 20.2. The van der Waals surface area contributed by atoms with Crippen LogP contribution in [0.25, 0.3) is 11.3 Å². The van der Waals surface area contributed by atoms with E-state index < -0.39 is 0 Å². The summed E-state index contributed by atoms with van der Waals surface area (Å²) in [5.41, 5.74) is 7.13. The fourth-order valence-corrected chi connectivity index (χ4v) is 5.06. The molecule has 1 atom stereocenters. The Labute approximate surface area is 221 Å². The summed E-state index contributed by atoms with van der Waals surface area (Å²) in [5, 5.41) is 7.92. The van der Waals surface area contributed by atoms with E-state index in [-0.39, 0.29) is 24.5 Å². The fourth-order valence-electron chi connectivity index (χ4n) is 4.93. The lowest BCUT2D eigenvalue weighted by Gasteiger charge is -2.38. The maximum Gasteiger partial charge on any atom is 0.232 e. The Balaban J connectivity index is 1.64. The number of fused-ring (bicyclic) bond motifs is 1. The largest absolute Gasteiger partial charge is 0.493 e. The molecule has 1 aliphatic heterocycles. The van der Waals surface area contributed by atoms with E-state index in [4.69, 9.17) is 26.1 Å². The maximum atomic E-state index is 13.7. The number of hydrogen-bond donors (Lipinski definition) is 1. The van der Waals surface area contributed by atoms with E-state index in [1.54, 1.807) is 13.3 Å². The Morgan fingerprint density at radius 1 is 1.08 bits per heavy atom. The molecule has 8 heteroatoms. The van der Waals surface area contributed by atoms with E-state index in [0.717, 1.165) is 39.3 Å². The van der Waals surface area contributed by atoms with Crippen molar-refractivity contribution in [2.45, 2.75) is 46.3 Å². The molecule has 0 saturated carbocycles. The van der Waals surface area contributed by atoms with Crippen molar-refractivity contribution in [2.75, 3.05) is 12.0 Å². The first-order valence-electron chi connectivity index (χ1n) is 12.2. The van der Waals surface area contributed by atoms with Gasteiger partial charge in [-0.05, 0) is 80.8 Å². The van der Waals surface area contributed by atoms with Crippen molar-refractivity contribution >= 4 is 23.2 Å². The third-order valence-electron chi connectivity index (χ3n) is 6.55. The predicted molar refractivity (Wildman–Crippen MR) is 145 cm³/mol. The van der Waals surface area contributed by atoms with Gasteiger partial charge in [-0.15, -0.1) is 0 Å². The normalized spacial score (nSPS) is 15.2. The minimum Gasteiger partial charge on any atom is -0.493 e. The number of nitrogens with one attached hydrogen (secondary N) is 1. The molecule has 2 aromatic carbocycles. The highest BCUT2D eigenvalue weighted by molar-refractivity contribution is 6.30. The lowest BCUT2D eigenvalue weighted by molar-refractivity contribution is -0.118. The van der Waals surface area contributed by atoms with Gasteiger partial charge in [0.1, 0.15) is 0 Å². The van der Waals surface area contributed by atoms with Crippen molar-refractivity contribution in [1.82, 2.24) is 15.2 Å². The molecular weight excluding hydrogens is 488 g/mol. The van der Waals surface area contributed by atoms with E-state index in [2.05, 4.69) is 10.2 Å². The number of H-pyrrole nitrogens is 1. The number of aryl methyl sites for hydroxylation is 2. The number of nitrogens with zero attached hydrogens (tertiary/aromatic N) is 3. The van der Waals surface area contributed by atoms with Gasteiger partial charge in [-0.1, -0.05) is 23.7 Å². The number of aromatic nitrogens is 3. The van der Waals surface area contributed by atoms with Gasteiger partial charge in [0.05, 0.1) is 48.9 Å². The van der Waals surface area contributed by atoms with Crippen molar-refractivity contribution in [3.05, 3.63) is 87.8 Å². The number of pyridine rings is 1. The van der Waals surface area contributed by atoms with Gasteiger partial charge in [0.15, 0.2) is 11.5 Å². The second-order valence-corrected chi connectivity index (χ2v) is 9.91. The van der Waals surface area contributed by atoms with Gasteiger partial charge in [-0.2, -0.15) is 5.10 Å². The Hall–Kier alpha value is -3.84. The van der Waals surface area contributed by atoms with Gasteiger partial charge in [0.2, 0.25) is 5.91 Å². The van der Waals surface area contributed by atoms with Crippen molar-refractivity contribution in [3.63, 3.8) is 0 Å². The second kappa shape index (κ2) is 9.90. The molecule has 1 unspecified atom stereocenters. The molecule has 1 N–H and O–H groups in total. The molecule has 190 valence electrons. The molecule has 0 aliphatic carbocycles. The molecule has 3 heterocycles. The second-order valence-electron chi connectivity index (χ2n) is 9.47. The first-order valence-corrected chi connectivity index (χ1v) is 12.6. The first-order chi connectivity index (χ1) is 17.8. The highest BCUT2D eigenvalue weighted by atomic mass is 35.5. The number of carbonyl (C=O) groups is 1. The third-order valence-corrected chi connectivity index (χ3v) is 6.80. The molecule has 1 aliphatic rings. The number of amides is 1. The summed E-state index contributed by atoms with van der Waals surface area (Å²) in [6, 6.07) is 15.0. The monoisotopic (exact) mass is 516 g/mol. The van der Waals surface area contributed by atoms with Gasteiger partial charge in [-0.25, -0.2) is 0 Å². The molecule has 4 aromatic rings. The quantitative estimate of drug-likeness (QED) is 0.329. The summed E-state index contributed by atoms with van der Waals surface area (Å²) in [7, 11) is 1.61. The van der Waals surface area contributed by atoms with E-state index in [1.807, 2.05) is 81.1 Å².